The smallest absolute Gasteiger partial charge is 0.224 e. The van der Waals surface area contributed by atoms with Gasteiger partial charge in [-0.2, -0.15) is 4.98 Å². The Kier molecular flexibility index (Phi) is 4.62. The van der Waals surface area contributed by atoms with Gasteiger partial charge in [0.25, 0.3) is 0 Å². The van der Waals surface area contributed by atoms with Crippen LogP contribution in [-0.4, -0.2) is 23.3 Å². The first kappa shape index (κ1) is 16.3. The molecule has 21 heavy (non-hydrogen) atoms. The first-order chi connectivity index (χ1) is 9.68. The van der Waals surface area contributed by atoms with Crippen LogP contribution in [0.4, 0.5) is 11.5 Å². The lowest BCUT2D eigenvalue weighted by molar-refractivity contribution is 0.588. The Bertz CT molecular complexity index is 743. The van der Waals surface area contributed by atoms with E-state index >= 15 is 0 Å². The molecule has 0 spiro atoms. The molecule has 0 bridgehead atoms. The molecule has 1 N–H and O–H groups in total. The van der Waals surface area contributed by atoms with Gasteiger partial charge in [-0.1, -0.05) is 17.7 Å². The summed E-state index contributed by atoms with van der Waals surface area (Å²) in [5.41, 5.74) is 2.77. The molecule has 1 aromatic heterocycles. The SMILES string of the molecule is Cc1cc(C)c(P(C)(C)=O)c(Nc2nc(Cl)ncc2Cl)c1. The second-order valence-corrected chi connectivity index (χ2v) is 9.18. The number of benzene rings is 1. The molecule has 0 amide bonds. The van der Waals surface area contributed by atoms with E-state index < -0.39 is 7.14 Å². The molecule has 0 atom stereocenters. The van der Waals surface area contributed by atoms with E-state index in [1.54, 1.807) is 13.3 Å². The second-order valence-electron chi connectivity index (χ2n) is 5.29. The highest BCUT2D eigenvalue weighted by Gasteiger charge is 2.20. The van der Waals surface area contributed by atoms with Crippen molar-refractivity contribution >= 4 is 47.2 Å². The van der Waals surface area contributed by atoms with Crippen molar-refractivity contribution in [2.24, 2.45) is 0 Å². The van der Waals surface area contributed by atoms with Crippen LogP contribution >= 0.6 is 30.3 Å². The van der Waals surface area contributed by atoms with E-state index in [0.717, 1.165) is 22.1 Å². The number of hydrogen-bond donors (Lipinski definition) is 1. The monoisotopic (exact) mass is 343 g/mol. The molecule has 2 aromatic rings. The molecule has 0 unspecified atom stereocenters. The molecule has 0 radical (unpaired) electrons. The molecule has 0 fully saturated rings. The van der Waals surface area contributed by atoms with Crippen LogP contribution in [-0.2, 0) is 4.57 Å². The molecule has 2 rings (SSSR count). The zero-order valence-corrected chi connectivity index (χ0v) is 14.6. The largest absolute Gasteiger partial charge is 0.338 e. The van der Waals surface area contributed by atoms with Crippen molar-refractivity contribution in [3.8, 4) is 0 Å². The summed E-state index contributed by atoms with van der Waals surface area (Å²) in [4.78, 5) is 7.89. The molecular formula is C14H16Cl2N3OP. The van der Waals surface area contributed by atoms with Gasteiger partial charge >= 0.3 is 0 Å². The highest BCUT2D eigenvalue weighted by Crippen LogP contribution is 2.40. The van der Waals surface area contributed by atoms with Crippen molar-refractivity contribution in [2.45, 2.75) is 13.8 Å². The summed E-state index contributed by atoms with van der Waals surface area (Å²) >= 11 is 11.9. The van der Waals surface area contributed by atoms with Crippen molar-refractivity contribution in [2.75, 3.05) is 18.6 Å². The van der Waals surface area contributed by atoms with Crippen LogP contribution in [0.3, 0.4) is 0 Å². The number of aryl methyl sites for hydroxylation is 2. The quantitative estimate of drug-likeness (QED) is 0.663. The van der Waals surface area contributed by atoms with Gasteiger partial charge in [-0.05, 0) is 56.0 Å². The number of anilines is 2. The van der Waals surface area contributed by atoms with E-state index in [-0.39, 0.29) is 5.28 Å². The Morgan fingerprint density at radius 1 is 1.19 bits per heavy atom. The van der Waals surface area contributed by atoms with Crippen molar-refractivity contribution in [1.82, 2.24) is 9.97 Å². The fraction of sp³-hybridized carbons (Fsp3) is 0.286. The molecule has 1 heterocycles. The van der Waals surface area contributed by atoms with Crippen LogP contribution in [0, 0.1) is 13.8 Å². The van der Waals surface area contributed by atoms with Crippen LogP contribution in [0.2, 0.25) is 10.3 Å². The molecule has 112 valence electrons. The van der Waals surface area contributed by atoms with E-state index in [0.29, 0.717) is 10.8 Å². The summed E-state index contributed by atoms with van der Waals surface area (Å²) in [5.74, 6) is 0.399. The molecule has 0 aliphatic heterocycles. The zero-order valence-electron chi connectivity index (χ0n) is 12.2. The van der Waals surface area contributed by atoms with Gasteiger partial charge in [-0.3, -0.25) is 0 Å². The topological polar surface area (TPSA) is 54.9 Å². The Morgan fingerprint density at radius 3 is 2.48 bits per heavy atom. The zero-order chi connectivity index (χ0) is 15.8. The van der Waals surface area contributed by atoms with Gasteiger partial charge in [-0.25, -0.2) is 4.98 Å². The number of nitrogens with zero attached hydrogens (tertiary/aromatic N) is 2. The van der Waals surface area contributed by atoms with E-state index in [4.69, 9.17) is 23.2 Å². The number of nitrogens with one attached hydrogen (secondary N) is 1. The second kappa shape index (κ2) is 5.96. The van der Waals surface area contributed by atoms with Crippen molar-refractivity contribution in [3.63, 3.8) is 0 Å². The summed E-state index contributed by atoms with van der Waals surface area (Å²) in [6.07, 6.45) is 1.43. The predicted molar refractivity (Wildman–Crippen MR) is 90.3 cm³/mol. The lowest BCUT2D eigenvalue weighted by Crippen LogP contribution is -2.14. The van der Waals surface area contributed by atoms with Crippen LogP contribution in [0.25, 0.3) is 0 Å². The molecule has 7 heteroatoms. The fourth-order valence-electron chi connectivity index (χ4n) is 2.33. The van der Waals surface area contributed by atoms with Gasteiger partial charge in [0.05, 0.1) is 11.9 Å². The number of hydrogen-bond acceptors (Lipinski definition) is 4. The molecule has 4 nitrogen and oxygen atoms in total. The number of rotatable bonds is 3. The number of halogens is 2. The highest BCUT2D eigenvalue weighted by atomic mass is 35.5. The summed E-state index contributed by atoms with van der Waals surface area (Å²) in [5, 5.41) is 4.37. The molecule has 0 aliphatic carbocycles. The van der Waals surface area contributed by atoms with E-state index in [1.165, 1.54) is 6.20 Å². The van der Waals surface area contributed by atoms with Crippen LogP contribution < -0.4 is 10.6 Å². The average Bonchev–Trinajstić information content (AvgIpc) is 2.31. The maximum atomic E-state index is 12.6. The van der Waals surface area contributed by atoms with Gasteiger partial charge in [0.2, 0.25) is 5.28 Å². The summed E-state index contributed by atoms with van der Waals surface area (Å²) in [7, 11) is -2.46. The van der Waals surface area contributed by atoms with Crippen molar-refractivity contribution in [1.29, 1.82) is 0 Å². The third kappa shape index (κ3) is 3.76. The van der Waals surface area contributed by atoms with Gasteiger partial charge in [0.15, 0.2) is 5.82 Å². The summed E-state index contributed by atoms with van der Waals surface area (Å²) in [6.45, 7) is 7.41. The summed E-state index contributed by atoms with van der Waals surface area (Å²) < 4.78 is 12.6. The van der Waals surface area contributed by atoms with E-state index in [2.05, 4.69) is 15.3 Å². The third-order valence-corrected chi connectivity index (χ3v) is 5.08. The average molecular weight is 344 g/mol. The van der Waals surface area contributed by atoms with Gasteiger partial charge < -0.3 is 9.88 Å². The Morgan fingerprint density at radius 2 is 1.86 bits per heavy atom. The highest BCUT2D eigenvalue weighted by molar-refractivity contribution is 7.70. The first-order valence-electron chi connectivity index (χ1n) is 6.30. The first-order valence-corrected chi connectivity index (χ1v) is 9.66. The van der Waals surface area contributed by atoms with Crippen molar-refractivity contribution < 1.29 is 4.57 Å². The maximum Gasteiger partial charge on any atom is 0.224 e. The lowest BCUT2D eigenvalue weighted by atomic mass is 10.1. The minimum Gasteiger partial charge on any atom is -0.338 e. The predicted octanol–water partition coefficient (Wildman–Crippen LogP) is 4.39. The van der Waals surface area contributed by atoms with Gasteiger partial charge in [0, 0.05) is 5.30 Å². The molecule has 0 aliphatic rings. The van der Waals surface area contributed by atoms with Crippen LogP contribution in [0.5, 0.6) is 0 Å². The van der Waals surface area contributed by atoms with E-state index in [9.17, 15) is 4.57 Å². The fourth-order valence-corrected chi connectivity index (χ4v) is 4.22. The standard InChI is InChI=1S/C14H16Cl2N3OP/c1-8-5-9(2)12(21(3,4)20)11(6-8)18-13-10(15)7-17-14(16)19-13/h5-7H,1-4H3,(H,17,18,19). The van der Waals surface area contributed by atoms with E-state index in [1.807, 2.05) is 26.0 Å². The number of aromatic nitrogens is 2. The normalized spacial score (nSPS) is 11.5. The Hall–Kier alpha value is -1.09. The molecule has 1 aromatic carbocycles. The minimum absolute atomic E-state index is 0.101. The Balaban J connectivity index is 2.58. The van der Waals surface area contributed by atoms with Gasteiger partial charge in [-0.15, -0.1) is 0 Å². The van der Waals surface area contributed by atoms with Gasteiger partial charge in [0.1, 0.15) is 12.2 Å². The minimum atomic E-state index is -2.46. The molecular weight excluding hydrogens is 328 g/mol. The Labute approximate surface area is 134 Å². The van der Waals surface area contributed by atoms with Crippen molar-refractivity contribution in [3.05, 3.63) is 39.8 Å². The van der Waals surface area contributed by atoms with Crippen LogP contribution in [0.1, 0.15) is 11.1 Å². The maximum absolute atomic E-state index is 12.6. The lowest BCUT2D eigenvalue weighted by Gasteiger charge is -2.19. The molecule has 0 saturated heterocycles. The summed E-state index contributed by atoms with van der Waals surface area (Å²) in [6, 6.07) is 3.93. The molecule has 0 saturated carbocycles. The third-order valence-electron chi connectivity index (χ3n) is 2.95. The van der Waals surface area contributed by atoms with Crippen LogP contribution in [0.15, 0.2) is 18.3 Å².